The Morgan fingerprint density at radius 1 is 0.943 bits per heavy atom. The molecular weight excluding hydrogens is 434 g/mol. The summed E-state index contributed by atoms with van der Waals surface area (Å²) in [5.74, 6) is -0.0565. The van der Waals surface area contributed by atoms with E-state index in [-0.39, 0.29) is 23.9 Å². The summed E-state index contributed by atoms with van der Waals surface area (Å²) in [7, 11) is 0. The number of amides is 2. The number of carbonyl (C=O) groups excluding carboxylic acids is 2. The van der Waals surface area contributed by atoms with Crippen molar-refractivity contribution in [3.8, 4) is 11.1 Å². The monoisotopic (exact) mass is 467 g/mol. The molecule has 4 rings (SSSR count). The highest BCUT2D eigenvalue weighted by atomic mass is 16.2. The van der Waals surface area contributed by atoms with Crippen molar-refractivity contribution in [3.05, 3.63) is 90.0 Å². The first-order valence-corrected chi connectivity index (χ1v) is 12.0. The number of nitrogens with one attached hydrogen (secondary N) is 2. The number of allylic oxidation sites excluding steroid dienone is 1. The maximum atomic E-state index is 12.5. The SMILES string of the molecule is C=C(C)Cc1ccc(N[C@@H]2C[C@H](C)N(C(C)=O)c3ccc(-c4cccc(NC(C)=O)c4)cc32)cc1. The molecule has 2 N–H and O–H groups in total. The van der Waals surface area contributed by atoms with Crippen LogP contribution in [0.15, 0.2) is 78.9 Å². The molecule has 1 aliphatic heterocycles. The van der Waals surface area contributed by atoms with Crippen LogP contribution in [0.1, 0.15) is 51.3 Å². The Kier molecular flexibility index (Phi) is 7.06. The predicted octanol–water partition coefficient (Wildman–Crippen LogP) is 6.73. The summed E-state index contributed by atoms with van der Waals surface area (Å²) in [5.41, 5.74) is 8.27. The fourth-order valence-corrected chi connectivity index (χ4v) is 4.91. The Labute approximate surface area is 207 Å². The number of fused-ring (bicyclic) bond motifs is 1. The van der Waals surface area contributed by atoms with Crippen LogP contribution in [0, 0.1) is 0 Å². The van der Waals surface area contributed by atoms with Crippen LogP contribution < -0.4 is 15.5 Å². The van der Waals surface area contributed by atoms with Gasteiger partial charge in [0.05, 0.1) is 6.04 Å². The third-order valence-electron chi connectivity index (χ3n) is 6.34. The quantitative estimate of drug-likeness (QED) is 0.395. The third-order valence-corrected chi connectivity index (χ3v) is 6.34. The highest BCUT2D eigenvalue weighted by Gasteiger charge is 2.32. The van der Waals surface area contributed by atoms with Gasteiger partial charge in [0.15, 0.2) is 0 Å². The number of carbonyl (C=O) groups is 2. The molecule has 0 spiro atoms. The number of rotatable bonds is 6. The van der Waals surface area contributed by atoms with Gasteiger partial charge < -0.3 is 15.5 Å². The van der Waals surface area contributed by atoms with Crippen LogP contribution in [-0.2, 0) is 16.0 Å². The molecule has 0 saturated heterocycles. The molecule has 180 valence electrons. The first-order valence-electron chi connectivity index (χ1n) is 12.0. The third kappa shape index (κ3) is 5.62. The van der Waals surface area contributed by atoms with Gasteiger partial charge in [-0.2, -0.15) is 0 Å². The predicted molar refractivity (Wildman–Crippen MR) is 145 cm³/mol. The smallest absolute Gasteiger partial charge is 0.224 e. The minimum Gasteiger partial charge on any atom is -0.378 e. The second-order valence-electron chi connectivity index (χ2n) is 9.54. The average molecular weight is 468 g/mol. The van der Waals surface area contributed by atoms with E-state index in [9.17, 15) is 9.59 Å². The molecule has 0 radical (unpaired) electrons. The Hall–Kier alpha value is -3.86. The molecule has 2 atom stereocenters. The van der Waals surface area contributed by atoms with Gasteiger partial charge in [0.1, 0.15) is 0 Å². The lowest BCUT2D eigenvalue weighted by molar-refractivity contribution is -0.117. The fraction of sp³-hybridized carbons (Fsp3) is 0.267. The van der Waals surface area contributed by atoms with Gasteiger partial charge in [-0.15, -0.1) is 0 Å². The van der Waals surface area contributed by atoms with Crippen molar-refractivity contribution in [2.24, 2.45) is 0 Å². The van der Waals surface area contributed by atoms with Gasteiger partial charge in [-0.1, -0.05) is 42.5 Å². The van der Waals surface area contributed by atoms with Gasteiger partial charge in [-0.3, -0.25) is 9.59 Å². The van der Waals surface area contributed by atoms with E-state index in [1.807, 2.05) is 48.2 Å². The molecule has 2 amide bonds. The second kappa shape index (κ2) is 10.2. The second-order valence-corrected chi connectivity index (χ2v) is 9.54. The van der Waals surface area contributed by atoms with Crippen molar-refractivity contribution >= 4 is 28.9 Å². The first kappa shape index (κ1) is 24.3. The van der Waals surface area contributed by atoms with Crippen LogP contribution in [0.5, 0.6) is 0 Å². The number of benzene rings is 3. The molecule has 5 nitrogen and oxygen atoms in total. The van der Waals surface area contributed by atoms with E-state index in [4.69, 9.17) is 0 Å². The number of hydrogen-bond donors (Lipinski definition) is 2. The number of hydrogen-bond acceptors (Lipinski definition) is 3. The molecule has 5 heteroatoms. The molecule has 35 heavy (non-hydrogen) atoms. The Morgan fingerprint density at radius 3 is 2.31 bits per heavy atom. The standard InChI is InChI=1S/C30H33N3O2/c1-19(2)15-23-9-12-26(13-10-23)32-29-16-20(3)33(22(5)35)30-14-11-25(18-28(29)30)24-7-6-8-27(17-24)31-21(4)34/h6-14,17-18,20,29,32H,1,15-16H2,2-5H3,(H,31,34)/t20-,29+/m0/s1. The highest BCUT2D eigenvalue weighted by Crippen LogP contribution is 2.41. The summed E-state index contributed by atoms with van der Waals surface area (Å²) in [6, 6.07) is 22.7. The van der Waals surface area contributed by atoms with Gasteiger partial charge in [0.25, 0.3) is 0 Å². The molecule has 1 aliphatic rings. The number of nitrogens with zero attached hydrogens (tertiary/aromatic N) is 1. The van der Waals surface area contributed by atoms with E-state index >= 15 is 0 Å². The highest BCUT2D eigenvalue weighted by molar-refractivity contribution is 5.94. The van der Waals surface area contributed by atoms with E-state index in [1.165, 1.54) is 12.5 Å². The van der Waals surface area contributed by atoms with E-state index in [0.29, 0.717) is 0 Å². The molecule has 3 aromatic carbocycles. The van der Waals surface area contributed by atoms with Gasteiger partial charge in [-0.05, 0) is 85.3 Å². The summed E-state index contributed by atoms with van der Waals surface area (Å²) < 4.78 is 0. The van der Waals surface area contributed by atoms with Crippen molar-refractivity contribution in [1.29, 1.82) is 0 Å². The average Bonchev–Trinajstić information content (AvgIpc) is 2.79. The van der Waals surface area contributed by atoms with Crippen LogP contribution in [0.2, 0.25) is 0 Å². The zero-order valence-corrected chi connectivity index (χ0v) is 20.9. The Bertz CT molecular complexity index is 1260. The minimum atomic E-state index is -0.0998. The van der Waals surface area contributed by atoms with Gasteiger partial charge in [-0.25, -0.2) is 0 Å². The van der Waals surface area contributed by atoms with Crippen molar-refractivity contribution in [2.75, 3.05) is 15.5 Å². The maximum absolute atomic E-state index is 12.5. The van der Waals surface area contributed by atoms with Crippen LogP contribution >= 0.6 is 0 Å². The van der Waals surface area contributed by atoms with Crippen molar-refractivity contribution in [1.82, 2.24) is 0 Å². The lowest BCUT2D eigenvalue weighted by atomic mass is 9.88. The summed E-state index contributed by atoms with van der Waals surface area (Å²) in [6.07, 6.45) is 1.67. The van der Waals surface area contributed by atoms with Gasteiger partial charge in [0, 0.05) is 37.0 Å². The van der Waals surface area contributed by atoms with E-state index in [2.05, 4.69) is 54.5 Å². The van der Waals surface area contributed by atoms with Crippen molar-refractivity contribution in [2.45, 2.75) is 52.6 Å². The molecule has 0 bridgehead atoms. The van der Waals surface area contributed by atoms with Crippen molar-refractivity contribution in [3.63, 3.8) is 0 Å². The van der Waals surface area contributed by atoms with Gasteiger partial charge >= 0.3 is 0 Å². The normalized spacial score (nSPS) is 16.9. The van der Waals surface area contributed by atoms with Crippen LogP contribution in [-0.4, -0.2) is 17.9 Å². The van der Waals surface area contributed by atoms with E-state index in [0.717, 1.165) is 52.2 Å². The van der Waals surface area contributed by atoms with Crippen LogP contribution in [0.25, 0.3) is 11.1 Å². The molecule has 0 saturated carbocycles. The van der Waals surface area contributed by atoms with E-state index in [1.54, 1.807) is 6.92 Å². The number of anilines is 3. The Balaban J connectivity index is 1.70. The molecule has 3 aromatic rings. The van der Waals surface area contributed by atoms with Gasteiger partial charge in [0.2, 0.25) is 11.8 Å². The maximum Gasteiger partial charge on any atom is 0.224 e. The Morgan fingerprint density at radius 2 is 1.66 bits per heavy atom. The lowest BCUT2D eigenvalue weighted by Crippen LogP contribution is -2.43. The zero-order chi connectivity index (χ0) is 25.1. The summed E-state index contributed by atoms with van der Waals surface area (Å²) in [4.78, 5) is 25.9. The molecule has 0 unspecified atom stereocenters. The molecule has 0 fully saturated rings. The fourth-order valence-electron chi connectivity index (χ4n) is 4.91. The topological polar surface area (TPSA) is 61.4 Å². The van der Waals surface area contributed by atoms with E-state index < -0.39 is 0 Å². The molecule has 0 aromatic heterocycles. The van der Waals surface area contributed by atoms with Crippen LogP contribution in [0.4, 0.5) is 17.1 Å². The van der Waals surface area contributed by atoms with Crippen LogP contribution in [0.3, 0.4) is 0 Å². The lowest BCUT2D eigenvalue weighted by Gasteiger charge is -2.39. The van der Waals surface area contributed by atoms with Crippen molar-refractivity contribution < 1.29 is 9.59 Å². The first-order chi connectivity index (χ1) is 16.7. The molecule has 0 aliphatic carbocycles. The molecule has 1 heterocycles. The largest absolute Gasteiger partial charge is 0.378 e. The zero-order valence-electron chi connectivity index (χ0n) is 20.9. The summed E-state index contributed by atoms with van der Waals surface area (Å²) in [6.45, 7) is 11.3. The molecular formula is C30H33N3O2. The minimum absolute atomic E-state index is 0.0433. The summed E-state index contributed by atoms with van der Waals surface area (Å²) in [5, 5.41) is 6.56. The summed E-state index contributed by atoms with van der Waals surface area (Å²) >= 11 is 0.